The number of benzene rings is 2. The highest BCUT2D eigenvalue weighted by molar-refractivity contribution is 7.80. The minimum absolute atomic E-state index is 0.129. The molecule has 166 valence electrons. The van der Waals surface area contributed by atoms with Crippen LogP contribution in [0.5, 0.6) is 11.5 Å². The van der Waals surface area contributed by atoms with Crippen LogP contribution in [0.4, 0.5) is 5.69 Å². The first-order valence-electron chi connectivity index (χ1n) is 10.4. The van der Waals surface area contributed by atoms with E-state index in [9.17, 15) is 4.79 Å². The largest absolute Gasteiger partial charge is 0.493 e. The zero-order valence-electron chi connectivity index (χ0n) is 18.8. The number of amides is 1. The predicted molar refractivity (Wildman–Crippen MR) is 131 cm³/mol. The molecular formula is C25H32N2O3S. The second kappa shape index (κ2) is 11.5. The van der Waals surface area contributed by atoms with Gasteiger partial charge in [0, 0.05) is 17.2 Å². The highest BCUT2D eigenvalue weighted by Crippen LogP contribution is 2.24. The highest BCUT2D eigenvalue weighted by Gasteiger charge is 2.27. The molecule has 5 nitrogen and oxygen atoms in total. The SMILES string of the molecule is C=CCOc1cccc(NC(=S)NC(=O)C(C)(C)CCCOc2cc(C)ccc2C)c1. The van der Waals surface area contributed by atoms with E-state index >= 15 is 0 Å². The van der Waals surface area contributed by atoms with Gasteiger partial charge in [0.2, 0.25) is 5.91 Å². The van der Waals surface area contributed by atoms with Gasteiger partial charge >= 0.3 is 0 Å². The van der Waals surface area contributed by atoms with Crippen LogP contribution in [0.3, 0.4) is 0 Å². The van der Waals surface area contributed by atoms with Crippen LogP contribution in [0.25, 0.3) is 0 Å². The quantitative estimate of drug-likeness (QED) is 0.287. The molecule has 0 aliphatic carbocycles. The van der Waals surface area contributed by atoms with Gasteiger partial charge in [0.15, 0.2) is 5.11 Å². The fourth-order valence-electron chi connectivity index (χ4n) is 2.93. The van der Waals surface area contributed by atoms with E-state index < -0.39 is 5.41 Å². The summed E-state index contributed by atoms with van der Waals surface area (Å²) >= 11 is 5.31. The van der Waals surface area contributed by atoms with Crippen LogP contribution in [0.15, 0.2) is 55.1 Å². The van der Waals surface area contributed by atoms with Crippen LogP contribution in [0.2, 0.25) is 0 Å². The van der Waals surface area contributed by atoms with E-state index in [1.807, 2.05) is 58.0 Å². The Hall–Kier alpha value is -2.86. The molecule has 0 saturated heterocycles. The fraction of sp³-hybridized carbons (Fsp3) is 0.360. The Morgan fingerprint density at radius 2 is 1.94 bits per heavy atom. The third-order valence-electron chi connectivity index (χ3n) is 4.85. The van der Waals surface area contributed by atoms with Gasteiger partial charge in [-0.25, -0.2) is 0 Å². The van der Waals surface area contributed by atoms with Crippen molar-refractivity contribution in [3.63, 3.8) is 0 Å². The maximum absolute atomic E-state index is 12.7. The topological polar surface area (TPSA) is 59.6 Å². The Balaban J connectivity index is 1.81. The molecule has 0 unspecified atom stereocenters. The number of ether oxygens (including phenoxy) is 2. The molecule has 1 amide bonds. The van der Waals surface area contributed by atoms with Gasteiger partial charge < -0.3 is 20.1 Å². The summed E-state index contributed by atoms with van der Waals surface area (Å²) in [6, 6.07) is 13.5. The van der Waals surface area contributed by atoms with Gasteiger partial charge in [-0.15, -0.1) is 0 Å². The van der Waals surface area contributed by atoms with E-state index in [-0.39, 0.29) is 11.0 Å². The number of thiocarbonyl (C=S) groups is 1. The van der Waals surface area contributed by atoms with E-state index in [4.69, 9.17) is 21.7 Å². The van der Waals surface area contributed by atoms with Crippen molar-refractivity contribution in [2.75, 3.05) is 18.5 Å². The predicted octanol–water partition coefficient (Wildman–Crippen LogP) is 5.57. The Bertz CT molecular complexity index is 925. The summed E-state index contributed by atoms with van der Waals surface area (Å²) in [6.45, 7) is 12.5. The van der Waals surface area contributed by atoms with E-state index in [2.05, 4.69) is 29.3 Å². The van der Waals surface area contributed by atoms with Crippen LogP contribution in [0, 0.1) is 19.3 Å². The zero-order chi connectivity index (χ0) is 22.9. The maximum Gasteiger partial charge on any atom is 0.231 e. The molecule has 0 bridgehead atoms. The molecule has 0 fully saturated rings. The summed E-state index contributed by atoms with van der Waals surface area (Å²) in [4.78, 5) is 12.7. The molecule has 6 heteroatoms. The summed E-state index contributed by atoms with van der Waals surface area (Å²) in [5, 5.41) is 6.08. The number of hydrogen-bond acceptors (Lipinski definition) is 4. The average molecular weight is 441 g/mol. The van der Waals surface area contributed by atoms with E-state index in [0.29, 0.717) is 25.4 Å². The smallest absolute Gasteiger partial charge is 0.231 e. The lowest BCUT2D eigenvalue weighted by Gasteiger charge is -2.24. The van der Waals surface area contributed by atoms with Gasteiger partial charge in [-0.2, -0.15) is 0 Å². The van der Waals surface area contributed by atoms with Crippen LogP contribution in [-0.2, 0) is 4.79 Å². The fourth-order valence-corrected chi connectivity index (χ4v) is 3.14. The zero-order valence-corrected chi connectivity index (χ0v) is 19.6. The molecule has 31 heavy (non-hydrogen) atoms. The monoisotopic (exact) mass is 440 g/mol. The molecular weight excluding hydrogens is 408 g/mol. The number of rotatable bonds is 10. The summed E-state index contributed by atoms with van der Waals surface area (Å²) in [5.74, 6) is 1.46. The standard InChI is InChI=1S/C25H32N2O3S/c1-6-14-29-21-10-7-9-20(17-21)26-24(31)27-23(28)25(4,5)13-8-15-30-22-16-18(2)11-12-19(22)3/h6-7,9-12,16-17H,1,8,13-15H2,2-5H3,(H2,26,27,28,31). The molecule has 0 atom stereocenters. The number of carbonyl (C=O) groups excluding carboxylic acids is 1. The van der Waals surface area contributed by atoms with Gasteiger partial charge in [-0.3, -0.25) is 4.79 Å². The van der Waals surface area contributed by atoms with Gasteiger partial charge in [0.1, 0.15) is 18.1 Å². The molecule has 2 aromatic rings. The van der Waals surface area contributed by atoms with Crippen molar-refractivity contribution >= 4 is 28.9 Å². The number of nitrogens with one attached hydrogen (secondary N) is 2. The molecule has 0 radical (unpaired) electrons. The molecule has 2 N–H and O–H groups in total. The first kappa shape index (κ1) is 24.4. The van der Waals surface area contributed by atoms with Crippen molar-refractivity contribution in [2.24, 2.45) is 5.41 Å². The number of anilines is 1. The lowest BCUT2D eigenvalue weighted by atomic mass is 9.87. The number of carbonyl (C=O) groups is 1. The highest BCUT2D eigenvalue weighted by atomic mass is 32.1. The Labute approximate surface area is 190 Å². The minimum atomic E-state index is -0.578. The van der Waals surface area contributed by atoms with Gasteiger partial charge in [0.25, 0.3) is 0 Å². The van der Waals surface area contributed by atoms with Crippen molar-refractivity contribution in [1.29, 1.82) is 0 Å². The average Bonchev–Trinajstić information content (AvgIpc) is 2.72. The van der Waals surface area contributed by atoms with E-state index in [1.54, 1.807) is 6.08 Å². The number of hydrogen-bond donors (Lipinski definition) is 2. The third-order valence-corrected chi connectivity index (χ3v) is 5.05. The summed E-state index contributed by atoms with van der Waals surface area (Å²) < 4.78 is 11.4. The third kappa shape index (κ3) is 8.06. The van der Waals surface area contributed by atoms with E-state index in [1.165, 1.54) is 5.56 Å². The number of aryl methyl sites for hydroxylation is 2. The molecule has 0 aromatic heterocycles. The molecule has 0 aliphatic heterocycles. The van der Waals surface area contributed by atoms with Crippen molar-refractivity contribution < 1.29 is 14.3 Å². The normalized spacial score (nSPS) is 10.8. The lowest BCUT2D eigenvalue weighted by Crippen LogP contribution is -2.42. The summed E-state index contributed by atoms with van der Waals surface area (Å²) in [5.41, 5.74) is 2.44. The molecule has 0 spiro atoms. The summed E-state index contributed by atoms with van der Waals surface area (Å²) in [7, 11) is 0. The van der Waals surface area contributed by atoms with Crippen LogP contribution < -0.4 is 20.1 Å². The molecule has 0 aliphatic rings. The van der Waals surface area contributed by atoms with E-state index in [0.717, 1.165) is 23.4 Å². The molecule has 2 aromatic carbocycles. The minimum Gasteiger partial charge on any atom is -0.493 e. The maximum atomic E-state index is 12.7. The Kier molecular flexibility index (Phi) is 9.06. The first-order valence-corrected chi connectivity index (χ1v) is 10.8. The second-order valence-electron chi connectivity index (χ2n) is 8.14. The van der Waals surface area contributed by atoms with Gasteiger partial charge in [-0.1, -0.05) is 44.7 Å². The van der Waals surface area contributed by atoms with Crippen molar-refractivity contribution in [2.45, 2.75) is 40.5 Å². The van der Waals surface area contributed by atoms with Gasteiger partial charge in [0.05, 0.1) is 6.61 Å². The Morgan fingerprint density at radius 3 is 2.68 bits per heavy atom. The van der Waals surface area contributed by atoms with Crippen LogP contribution >= 0.6 is 12.2 Å². The molecule has 0 saturated carbocycles. The van der Waals surface area contributed by atoms with Crippen molar-refractivity contribution in [3.05, 3.63) is 66.2 Å². The van der Waals surface area contributed by atoms with Gasteiger partial charge in [-0.05, 0) is 68.2 Å². The lowest BCUT2D eigenvalue weighted by molar-refractivity contribution is -0.128. The molecule has 2 rings (SSSR count). The molecule has 0 heterocycles. The Morgan fingerprint density at radius 1 is 1.16 bits per heavy atom. The van der Waals surface area contributed by atoms with Crippen LogP contribution in [-0.4, -0.2) is 24.2 Å². The van der Waals surface area contributed by atoms with Crippen molar-refractivity contribution in [1.82, 2.24) is 5.32 Å². The summed E-state index contributed by atoms with van der Waals surface area (Å²) in [6.07, 6.45) is 3.12. The second-order valence-corrected chi connectivity index (χ2v) is 8.55. The van der Waals surface area contributed by atoms with Crippen LogP contribution in [0.1, 0.15) is 37.8 Å². The van der Waals surface area contributed by atoms with Crippen molar-refractivity contribution in [3.8, 4) is 11.5 Å². The first-order chi connectivity index (χ1) is 14.7.